The van der Waals surface area contributed by atoms with Crippen LogP contribution < -0.4 is 0 Å². The van der Waals surface area contributed by atoms with Gasteiger partial charge >= 0.3 is 45.1 Å². The van der Waals surface area contributed by atoms with E-state index in [9.17, 15) is 0 Å². The summed E-state index contributed by atoms with van der Waals surface area (Å²) < 4.78 is 0. The van der Waals surface area contributed by atoms with Crippen molar-refractivity contribution < 1.29 is 0 Å². The first-order chi connectivity index (χ1) is 2.56. The molecule has 0 N–H and O–H groups in total. The molecule has 0 nitrogen and oxygen atoms in total. The Kier molecular flexibility index (Phi) is 2.47. The maximum atomic E-state index is 4.39. The van der Waals surface area contributed by atoms with E-state index in [1.54, 1.807) is 0 Å². The Labute approximate surface area is 45.8 Å². The molecule has 0 aliphatic carbocycles. The van der Waals surface area contributed by atoms with Crippen molar-refractivity contribution in [1.29, 1.82) is 0 Å². The normalized spacial score (nSPS) is 14.7. The Bertz CT molecular complexity index is 37.3. The van der Waals surface area contributed by atoms with Crippen LogP contribution in [0.15, 0.2) is 0 Å². The van der Waals surface area contributed by atoms with Crippen LogP contribution in [0.2, 0.25) is 0 Å². The molecule has 0 saturated carbocycles. The second kappa shape index (κ2) is 2.18. The Hall–Kier alpha value is 0.780. The molecular weight excluding hydrogens is 111 g/mol. The van der Waals surface area contributed by atoms with Gasteiger partial charge in [0.25, 0.3) is 0 Å². The van der Waals surface area contributed by atoms with Crippen molar-refractivity contribution in [2.75, 3.05) is 19.5 Å². The molecule has 0 aliphatic rings. The predicted octanol–water partition coefficient (Wildman–Crippen LogP) is 1.86. The first kappa shape index (κ1) is 6.78. The minimum absolute atomic E-state index is 0.937. The van der Waals surface area contributed by atoms with Crippen LogP contribution in [0.4, 0.5) is 0 Å². The summed E-state index contributed by atoms with van der Waals surface area (Å²) in [5.74, 6) is 0. The molecule has 0 fully saturated rings. The molecule has 6 heavy (non-hydrogen) atoms. The fraction of sp³-hybridized carbons (Fsp3) is 1.00. The van der Waals surface area contributed by atoms with E-state index >= 15 is 0 Å². The topological polar surface area (TPSA) is 0 Å². The Balaban J connectivity index is 3.17. The first-order valence-electron chi connectivity index (χ1n) is 2.28. The third kappa shape index (κ3) is 4.78. The molecule has 0 spiro atoms. The van der Waals surface area contributed by atoms with Crippen LogP contribution in [-0.4, -0.2) is 19.5 Å². The van der Waals surface area contributed by atoms with Gasteiger partial charge in [-0.15, -0.1) is 0 Å². The Morgan fingerprint density at radius 2 is 1.67 bits per heavy atom. The van der Waals surface area contributed by atoms with Gasteiger partial charge in [-0.05, 0) is 0 Å². The van der Waals surface area contributed by atoms with Crippen molar-refractivity contribution in [3.05, 3.63) is 0 Å². The molecule has 0 atom stereocenters. The summed E-state index contributed by atoms with van der Waals surface area (Å²) >= 11 is 4.39. The summed E-state index contributed by atoms with van der Waals surface area (Å²) in [5.41, 5.74) is 0. The molecule has 0 bridgehead atoms. The number of thiol groups is 1. The van der Waals surface area contributed by atoms with Crippen LogP contribution in [0.1, 0.15) is 6.92 Å². The summed E-state index contributed by atoms with van der Waals surface area (Å²) in [6.07, 6.45) is 1.27. The predicted molar refractivity (Wildman–Crippen MR) is 39.7 cm³/mol. The van der Waals surface area contributed by atoms with Crippen LogP contribution in [-0.2, 0) is 0 Å². The van der Waals surface area contributed by atoms with Crippen LogP contribution in [0.25, 0.3) is 0 Å². The Morgan fingerprint density at radius 1 is 1.50 bits per heavy atom. The molecule has 0 aromatic carbocycles. The van der Waals surface area contributed by atoms with Crippen molar-refractivity contribution in [1.82, 2.24) is 0 Å². The summed E-state index contributed by atoms with van der Waals surface area (Å²) in [7, 11) is 0. The average molecular weight is 124 g/mol. The zero-order valence-electron chi connectivity index (χ0n) is 4.65. The summed E-state index contributed by atoms with van der Waals surface area (Å²) in [6, 6.07) is 0. The maximum absolute atomic E-state index is 4.39. The van der Waals surface area contributed by atoms with Gasteiger partial charge in [-0.2, -0.15) is 0 Å². The number of hydrogen-bond donors (Lipinski definition) is 1. The fourth-order valence-corrected chi connectivity index (χ4v) is 0. The Morgan fingerprint density at radius 3 is 1.67 bits per heavy atom. The standard InChI is InChI=1S/C4H13PS/c1-4-5(2,3)6/h5-6H,4H2,1-3H3. The minimum atomic E-state index is -0.937. The van der Waals surface area contributed by atoms with Crippen molar-refractivity contribution in [2.45, 2.75) is 6.92 Å². The van der Waals surface area contributed by atoms with Gasteiger partial charge in [0.2, 0.25) is 0 Å². The third-order valence-corrected chi connectivity index (χ3v) is 3.54. The van der Waals surface area contributed by atoms with Gasteiger partial charge < -0.3 is 0 Å². The molecule has 0 rings (SSSR count). The third-order valence-electron chi connectivity index (χ3n) is 0.865. The van der Waals surface area contributed by atoms with Gasteiger partial charge in [-0.3, -0.25) is 0 Å². The molecule has 0 heterocycles. The molecule has 0 aromatic rings. The van der Waals surface area contributed by atoms with Crippen molar-refractivity contribution in [3.63, 3.8) is 0 Å². The van der Waals surface area contributed by atoms with Crippen LogP contribution in [0, 0.1) is 0 Å². The molecule has 0 saturated heterocycles. The quantitative estimate of drug-likeness (QED) is 0.400. The van der Waals surface area contributed by atoms with Gasteiger partial charge in [-0.1, -0.05) is 0 Å². The molecule has 0 aromatic heterocycles. The van der Waals surface area contributed by atoms with Crippen LogP contribution >= 0.6 is 18.7 Å². The molecule has 0 unspecified atom stereocenters. The molecule has 40 valence electrons. The van der Waals surface area contributed by atoms with E-state index in [1.165, 1.54) is 6.16 Å². The summed E-state index contributed by atoms with van der Waals surface area (Å²) in [4.78, 5) is 0. The number of rotatable bonds is 1. The van der Waals surface area contributed by atoms with Crippen molar-refractivity contribution in [3.8, 4) is 0 Å². The van der Waals surface area contributed by atoms with Gasteiger partial charge in [0, 0.05) is 0 Å². The molecule has 0 radical (unpaired) electrons. The van der Waals surface area contributed by atoms with E-state index in [0.717, 1.165) is 0 Å². The monoisotopic (exact) mass is 124 g/mol. The van der Waals surface area contributed by atoms with Gasteiger partial charge in [0.05, 0.1) is 0 Å². The molecule has 0 aliphatic heterocycles. The van der Waals surface area contributed by atoms with E-state index in [2.05, 4.69) is 32.5 Å². The van der Waals surface area contributed by atoms with Crippen LogP contribution in [0.3, 0.4) is 0 Å². The fourth-order valence-electron chi connectivity index (χ4n) is 0. The van der Waals surface area contributed by atoms with Gasteiger partial charge in [0.15, 0.2) is 0 Å². The average Bonchev–Trinajstić information content (AvgIpc) is 1.35. The zero-order valence-corrected chi connectivity index (χ0v) is 6.55. The van der Waals surface area contributed by atoms with Gasteiger partial charge in [-0.25, -0.2) is 0 Å². The zero-order chi connectivity index (χ0) is 5.21. The molecule has 2 heteroatoms. The van der Waals surface area contributed by atoms with Crippen LogP contribution in [0.5, 0.6) is 0 Å². The van der Waals surface area contributed by atoms with Crippen molar-refractivity contribution in [2.24, 2.45) is 0 Å². The molecule has 0 amide bonds. The van der Waals surface area contributed by atoms with E-state index in [1.807, 2.05) is 0 Å². The van der Waals surface area contributed by atoms with Crippen molar-refractivity contribution >= 4 is 18.7 Å². The van der Waals surface area contributed by atoms with E-state index in [4.69, 9.17) is 0 Å². The summed E-state index contributed by atoms with van der Waals surface area (Å²) in [5, 5.41) is 0. The summed E-state index contributed by atoms with van der Waals surface area (Å²) in [6.45, 7) is 5.75. The van der Waals surface area contributed by atoms with E-state index in [0.29, 0.717) is 0 Å². The van der Waals surface area contributed by atoms with Gasteiger partial charge in [0.1, 0.15) is 0 Å². The first-order valence-corrected chi connectivity index (χ1v) is 6.78. The second-order valence-corrected chi connectivity index (χ2v) is 10.1. The second-order valence-electron chi connectivity index (χ2n) is 2.17. The van der Waals surface area contributed by atoms with E-state index < -0.39 is 6.46 Å². The SMILES string of the molecule is CC[PH](C)(C)S. The van der Waals surface area contributed by atoms with E-state index in [-0.39, 0.29) is 0 Å². The number of hydrogen-bond acceptors (Lipinski definition) is 1. The molecular formula is C4H13PS.